The van der Waals surface area contributed by atoms with Crippen molar-refractivity contribution in [1.82, 2.24) is 20.2 Å². The number of carboxylic acid groups (broad SMARTS) is 1. The molecule has 1 amide bonds. The lowest BCUT2D eigenvalue weighted by Gasteiger charge is -2.25. The van der Waals surface area contributed by atoms with E-state index in [0.717, 1.165) is 30.3 Å². The number of pyridine rings is 1. The summed E-state index contributed by atoms with van der Waals surface area (Å²) in [5.74, 6) is -0.102. The first kappa shape index (κ1) is 19.8. The number of nitrogens with one attached hydrogen (secondary N) is 1. The zero-order valence-electron chi connectivity index (χ0n) is 14.8. The summed E-state index contributed by atoms with van der Waals surface area (Å²) in [5, 5.41) is 13.9. The molecule has 1 saturated heterocycles. The van der Waals surface area contributed by atoms with E-state index >= 15 is 0 Å². The lowest BCUT2D eigenvalue weighted by molar-refractivity contribution is -0.128. The van der Waals surface area contributed by atoms with E-state index in [0.29, 0.717) is 18.7 Å². The van der Waals surface area contributed by atoms with Crippen LogP contribution in [0.2, 0.25) is 0 Å². The van der Waals surface area contributed by atoms with Gasteiger partial charge in [0.25, 0.3) is 0 Å². The maximum atomic E-state index is 12.2. The van der Waals surface area contributed by atoms with Gasteiger partial charge in [-0.25, -0.2) is 9.78 Å². The van der Waals surface area contributed by atoms with Gasteiger partial charge in [0.2, 0.25) is 5.91 Å². The summed E-state index contributed by atoms with van der Waals surface area (Å²) in [6, 6.07) is 4.22. The van der Waals surface area contributed by atoms with Crippen molar-refractivity contribution >= 4 is 35.0 Å². The number of carboxylic acids is 1. The Morgan fingerprint density at radius 2 is 2.37 bits per heavy atom. The molecule has 1 atom stereocenters. The number of nitrogens with zero attached hydrogens (tertiary/aromatic N) is 3. The average Bonchev–Trinajstić information content (AvgIpc) is 3.28. The van der Waals surface area contributed by atoms with Crippen LogP contribution < -0.4 is 5.32 Å². The molecular weight excluding hydrogens is 384 g/mol. The molecule has 3 rings (SSSR count). The van der Waals surface area contributed by atoms with Gasteiger partial charge in [-0.1, -0.05) is 17.8 Å². The molecule has 1 fully saturated rings. The van der Waals surface area contributed by atoms with Crippen molar-refractivity contribution in [1.29, 1.82) is 0 Å². The number of hydrogen-bond donors (Lipinski definition) is 2. The van der Waals surface area contributed by atoms with E-state index in [9.17, 15) is 9.59 Å². The summed E-state index contributed by atoms with van der Waals surface area (Å²) in [4.78, 5) is 33.2. The third-order valence-corrected chi connectivity index (χ3v) is 6.41. The minimum atomic E-state index is -1.01. The lowest BCUT2D eigenvalue weighted by atomic mass is 10.2. The van der Waals surface area contributed by atoms with E-state index < -0.39 is 5.97 Å². The van der Waals surface area contributed by atoms with Crippen LogP contribution in [0.3, 0.4) is 0 Å². The van der Waals surface area contributed by atoms with Crippen molar-refractivity contribution in [3.63, 3.8) is 0 Å². The highest BCUT2D eigenvalue weighted by molar-refractivity contribution is 8.01. The van der Waals surface area contributed by atoms with E-state index in [-0.39, 0.29) is 17.6 Å². The highest BCUT2D eigenvalue weighted by Crippen LogP contribution is 2.24. The van der Waals surface area contributed by atoms with Gasteiger partial charge in [0, 0.05) is 49.1 Å². The SMILES string of the molecule is O=C(O)c1csc(SCCN2C(=O)CCC2CNCCc2cccnc2)n1. The maximum Gasteiger partial charge on any atom is 0.355 e. The molecule has 7 nitrogen and oxygen atoms in total. The number of amides is 1. The monoisotopic (exact) mass is 406 g/mol. The van der Waals surface area contributed by atoms with Gasteiger partial charge in [0.05, 0.1) is 0 Å². The topological polar surface area (TPSA) is 95.4 Å². The number of thioether (sulfide) groups is 1. The Morgan fingerprint density at radius 1 is 1.48 bits per heavy atom. The van der Waals surface area contributed by atoms with Crippen LogP contribution in [0.15, 0.2) is 34.2 Å². The van der Waals surface area contributed by atoms with Gasteiger partial charge in [0.1, 0.15) is 0 Å². The van der Waals surface area contributed by atoms with Gasteiger partial charge in [-0.05, 0) is 31.0 Å². The number of aromatic carboxylic acids is 1. The number of carbonyl (C=O) groups excluding carboxylic acids is 1. The van der Waals surface area contributed by atoms with Crippen LogP contribution in [-0.4, -0.2) is 63.3 Å². The Bertz CT molecular complexity index is 769. The van der Waals surface area contributed by atoms with Crippen molar-refractivity contribution in [2.45, 2.75) is 29.6 Å². The molecule has 144 valence electrons. The molecule has 27 heavy (non-hydrogen) atoms. The fourth-order valence-corrected chi connectivity index (χ4v) is 4.82. The van der Waals surface area contributed by atoms with Gasteiger partial charge in [-0.15, -0.1) is 11.3 Å². The summed E-state index contributed by atoms with van der Waals surface area (Å²) in [5.41, 5.74) is 1.28. The third kappa shape index (κ3) is 5.75. The summed E-state index contributed by atoms with van der Waals surface area (Å²) >= 11 is 2.82. The third-order valence-electron chi connectivity index (χ3n) is 4.41. The average molecular weight is 407 g/mol. The zero-order valence-corrected chi connectivity index (χ0v) is 16.5. The van der Waals surface area contributed by atoms with Gasteiger partial charge in [-0.3, -0.25) is 9.78 Å². The highest BCUT2D eigenvalue weighted by atomic mass is 32.2. The summed E-state index contributed by atoms with van der Waals surface area (Å²) in [6.45, 7) is 2.30. The van der Waals surface area contributed by atoms with Crippen molar-refractivity contribution in [2.75, 3.05) is 25.4 Å². The van der Waals surface area contributed by atoms with Gasteiger partial charge >= 0.3 is 5.97 Å². The highest BCUT2D eigenvalue weighted by Gasteiger charge is 2.30. The number of hydrogen-bond acceptors (Lipinski definition) is 7. The molecular formula is C18H22N4O3S2. The van der Waals surface area contributed by atoms with E-state index in [1.54, 1.807) is 11.6 Å². The van der Waals surface area contributed by atoms with E-state index in [1.807, 2.05) is 17.2 Å². The van der Waals surface area contributed by atoms with Crippen LogP contribution in [-0.2, 0) is 11.2 Å². The number of aromatic nitrogens is 2. The van der Waals surface area contributed by atoms with Crippen LogP contribution in [0, 0.1) is 0 Å². The molecule has 3 heterocycles. The van der Waals surface area contributed by atoms with E-state index in [1.165, 1.54) is 28.7 Å². The summed E-state index contributed by atoms with van der Waals surface area (Å²) in [6.07, 6.45) is 6.04. The molecule has 0 radical (unpaired) electrons. The Hall–Kier alpha value is -1.97. The molecule has 0 saturated carbocycles. The smallest absolute Gasteiger partial charge is 0.355 e. The zero-order chi connectivity index (χ0) is 19.1. The van der Waals surface area contributed by atoms with E-state index in [4.69, 9.17) is 5.11 Å². The second kappa shape index (κ2) is 9.82. The molecule has 0 spiro atoms. The fourth-order valence-electron chi connectivity index (χ4n) is 3.01. The molecule has 0 bridgehead atoms. The summed E-state index contributed by atoms with van der Waals surface area (Å²) in [7, 11) is 0. The number of thiazole rings is 1. The van der Waals surface area contributed by atoms with Gasteiger partial charge < -0.3 is 15.3 Å². The van der Waals surface area contributed by atoms with Crippen LogP contribution in [0.5, 0.6) is 0 Å². The first-order chi connectivity index (χ1) is 13.1. The second-order valence-electron chi connectivity index (χ2n) is 6.25. The van der Waals surface area contributed by atoms with Crippen molar-refractivity contribution in [3.8, 4) is 0 Å². The quantitative estimate of drug-likeness (QED) is 0.461. The Morgan fingerprint density at radius 3 is 3.11 bits per heavy atom. The predicted molar refractivity (Wildman–Crippen MR) is 105 cm³/mol. The molecule has 1 aliphatic heterocycles. The molecule has 0 aliphatic carbocycles. The maximum absolute atomic E-state index is 12.2. The number of carbonyl (C=O) groups is 2. The lowest BCUT2D eigenvalue weighted by Crippen LogP contribution is -2.41. The molecule has 2 aromatic rings. The minimum Gasteiger partial charge on any atom is -0.476 e. The van der Waals surface area contributed by atoms with Crippen molar-refractivity contribution in [3.05, 3.63) is 41.2 Å². The number of rotatable bonds is 10. The second-order valence-corrected chi connectivity index (χ2v) is 8.45. The predicted octanol–water partition coefficient (Wildman–Crippen LogP) is 2.15. The first-order valence-electron chi connectivity index (χ1n) is 8.84. The van der Waals surface area contributed by atoms with E-state index in [2.05, 4.69) is 21.4 Å². The van der Waals surface area contributed by atoms with Gasteiger partial charge in [0.15, 0.2) is 10.0 Å². The molecule has 0 aromatic carbocycles. The van der Waals surface area contributed by atoms with Crippen LogP contribution in [0.25, 0.3) is 0 Å². The van der Waals surface area contributed by atoms with Crippen LogP contribution in [0.4, 0.5) is 0 Å². The number of likely N-dealkylation sites (tertiary alicyclic amines) is 1. The standard InChI is InChI=1S/C18H22N4O3S2/c23-16-4-3-14(11-20-7-5-13-2-1-6-19-10-13)22(16)8-9-26-18-21-15(12-27-18)17(24)25/h1-2,6,10,12,14,20H,3-5,7-9,11H2,(H,24,25). The Labute approximate surface area is 166 Å². The molecule has 1 aliphatic rings. The summed E-state index contributed by atoms with van der Waals surface area (Å²) < 4.78 is 0.727. The molecule has 9 heteroatoms. The van der Waals surface area contributed by atoms with Crippen molar-refractivity contribution in [2.24, 2.45) is 0 Å². The fraction of sp³-hybridized carbons (Fsp3) is 0.444. The first-order valence-corrected chi connectivity index (χ1v) is 10.7. The normalized spacial score (nSPS) is 16.8. The molecule has 2 N–H and O–H groups in total. The minimum absolute atomic E-state index is 0.0791. The van der Waals surface area contributed by atoms with Crippen LogP contribution >= 0.6 is 23.1 Å². The Balaban J connectivity index is 1.40. The van der Waals surface area contributed by atoms with Crippen molar-refractivity contribution < 1.29 is 14.7 Å². The molecule has 1 unspecified atom stereocenters. The van der Waals surface area contributed by atoms with Gasteiger partial charge in [-0.2, -0.15) is 0 Å². The largest absolute Gasteiger partial charge is 0.476 e. The Kier molecular flexibility index (Phi) is 7.19. The molecule has 2 aromatic heterocycles. The van der Waals surface area contributed by atoms with Crippen LogP contribution in [0.1, 0.15) is 28.9 Å².